The molecule has 2 aromatic heterocycles. The van der Waals surface area contributed by atoms with Gasteiger partial charge in [0.15, 0.2) is 12.4 Å². The average Bonchev–Trinajstić information content (AvgIpc) is 2.75. The Bertz CT molecular complexity index is 1180. The van der Waals surface area contributed by atoms with Gasteiger partial charge in [-0.05, 0) is 35.9 Å². The van der Waals surface area contributed by atoms with Crippen molar-refractivity contribution in [2.45, 2.75) is 0 Å². The highest BCUT2D eigenvalue weighted by Gasteiger charge is 2.19. The lowest BCUT2D eigenvalue weighted by molar-refractivity contribution is -0.142. The molecule has 0 fully saturated rings. The number of esters is 1. The van der Waals surface area contributed by atoms with Crippen molar-refractivity contribution < 1.29 is 24.2 Å². The number of methoxy groups -OCH3 is 1. The molecule has 0 aliphatic rings. The fourth-order valence-electron chi connectivity index (χ4n) is 2.76. The Balaban J connectivity index is 1.88. The first kappa shape index (κ1) is 19.8. The lowest BCUT2D eigenvalue weighted by Gasteiger charge is -2.09. The van der Waals surface area contributed by atoms with Crippen LogP contribution in [0.5, 0.6) is 11.5 Å². The largest absolute Gasteiger partial charge is 0.506 e. The van der Waals surface area contributed by atoms with E-state index >= 15 is 0 Å². The molecule has 148 valence electrons. The van der Waals surface area contributed by atoms with Gasteiger partial charge in [0.2, 0.25) is 0 Å². The Morgan fingerprint density at radius 3 is 2.76 bits per heavy atom. The second kappa shape index (κ2) is 8.39. The summed E-state index contributed by atoms with van der Waals surface area (Å²) < 4.78 is 11.1. The van der Waals surface area contributed by atoms with Gasteiger partial charge in [0, 0.05) is 18.6 Å². The van der Waals surface area contributed by atoms with Gasteiger partial charge in [0.25, 0.3) is 5.56 Å². The summed E-state index contributed by atoms with van der Waals surface area (Å²) in [5.74, 6) is -1.22. The first-order chi connectivity index (χ1) is 13.9. The van der Waals surface area contributed by atoms with Gasteiger partial charge in [0.1, 0.15) is 17.1 Å². The third-order valence-electron chi connectivity index (χ3n) is 4.27. The number of pyridine rings is 2. The number of aromatic hydroxyl groups is 1. The van der Waals surface area contributed by atoms with Crippen LogP contribution in [0.25, 0.3) is 17.0 Å². The highest BCUT2D eigenvalue weighted by atomic mass is 16.6. The summed E-state index contributed by atoms with van der Waals surface area (Å²) in [6.07, 6.45) is 5.50. The number of rotatable bonds is 6. The van der Waals surface area contributed by atoms with Gasteiger partial charge in [-0.3, -0.25) is 14.6 Å². The van der Waals surface area contributed by atoms with Crippen LogP contribution in [0.3, 0.4) is 0 Å². The Labute approximate surface area is 165 Å². The third-order valence-corrected chi connectivity index (χ3v) is 4.27. The van der Waals surface area contributed by atoms with E-state index < -0.39 is 17.3 Å². The number of hydrogen-bond donors (Lipinski definition) is 1. The molecule has 29 heavy (non-hydrogen) atoms. The van der Waals surface area contributed by atoms with Crippen LogP contribution in [-0.4, -0.2) is 40.1 Å². The molecule has 8 nitrogen and oxygen atoms in total. The Hall–Kier alpha value is -3.94. The SMILES string of the molecule is COC(=O)COc1cncc(/C=C/C(=O)c2c(O)c3ccccc3n(C)c2=O)c1. The molecule has 1 N–H and O–H groups in total. The number of benzene rings is 1. The highest BCUT2D eigenvalue weighted by molar-refractivity contribution is 6.11. The quantitative estimate of drug-likeness (QED) is 0.387. The van der Waals surface area contributed by atoms with Gasteiger partial charge in [-0.1, -0.05) is 12.1 Å². The molecule has 0 atom stereocenters. The first-order valence-electron chi connectivity index (χ1n) is 8.60. The predicted octanol–water partition coefficient (Wildman–Crippen LogP) is 2.09. The molecule has 0 amide bonds. The highest BCUT2D eigenvalue weighted by Crippen LogP contribution is 2.26. The van der Waals surface area contributed by atoms with Crippen molar-refractivity contribution in [3.05, 3.63) is 70.3 Å². The Kier molecular flexibility index (Phi) is 5.73. The number of para-hydroxylation sites is 1. The molecule has 0 saturated heterocycles. The van der Waals surface area contributed by atoms with Crippen LogP contribution in [0.2, 0.25) is 0 Å². The first-order valence-corrected chi connectivity index (χ1v) is 8.60. The van der Waals surface area contributed by atoms with E-state index in [0.717, 1.165) is 0 Å². The number of allylic oxidation sites excluding steroid dienone is 1. The minimum absolute atomic E-state index is 0.273. The third kappa shape index (κ3) is 4.16. The van der Waals surface area contributed by atoms with Crippen molar-refractivity contribution in [3.8, 4) is 11.5 Å². The average molecular weight is 394 g/mol. The Morgan fingerprint density at radius 2 is 2.00 bits per heavy atom. The van der Waals surface area contributed by atoms with Gasteiger partial charge >= 0.3 is 5.97 Å². The number of nitrogens with zero attached hydrogens (tertiary/aromatic N) is 2. The molecule has 0 radical (unpaired) electrons. The number of fused-ring (bicyclic) bond motifs is 1. The molecule has 8 heteroatoms. The summed E-state index contributed by atoms with van der Waals surface area (Å²) in [4.78, 5) is 40.3. The normalized spacial score (nSPS) is 11.0. The maximum atomic E-state index is 12.6. The molecule has 3 rings (SSSR count). The number of aromatic nitrogens is 2. The molecule has 1 aromatic carbocycles. The standard InChI is InChI=1S/C21H18N2O6/c1-23-16-6-4-3-5-15(16)20(26)19(21(23)27)17(24)8-7-13-9-14(11-22-10-13)29-12-18(25)28-2/h3-11,26H,12H2,1-2H3/b8-7+. The molecule has 0 bridgehead atoms. The molecular formula is C21H18N2O6. The molecule has 2 heterocycles. The maximum Gasteiger partial charge on any atom is 0.343 e. The molecule has 3 aromatic rings. The summed E-state index contributed by atoms with van der Waals surface area (Å²) in [6.45, 7) is -0.273. The second-order valence-corrected chi connectivity index (χ2v) is 6.12. The zero-order valence-corrected chi connectivity index (χ0v) is 15.8. The smallest absolute Gasteiger partial charge is 0.343 e. The van der Waals surface area contributed by atoms with E-state index in [2.05, 4.69) is 9.72 Å². The zero-order chi connectivity index (χ0) is 21.0. The van der Waals surface area contributed by atoms with Crippen molar-refractivity contribution in [1.29, 1.82) is 0 Å². The minimum Gasteiger partial charge on any atom is -0.506 e. The van der Waals surface area contributed by atoms with Crippen LogP contribution >= 0.6 is 0 Å². The van der Waals surface area contributed by atoms with Crippen molar-refractivity contribution in [3.63, 3.8) is 0 Å². The van der Waals surface area contributed by atoms with Crippen LogP contribution in [0.15, 0.2) is 53.6 Å². The van der Waals surface area contributed by atoms with Crippen molar-refractivity contribution in [2.24, 2.45) is 7.05 Å². The van der Waals surface area contributed by atoms with Crippen LogP contribution < -0.4 is 10.3 Å². The van der Waals surface area contributed by atoms with E-state index in [9.17, 15) is 19.5 Å². The lowest BCUT2D eigenvalue weighted by atomic mass is 10.1. The van der Waals surface area contributed by atoms with Crippen LogP contribution in [0.4, 0.5) is 0 Å². The monoisotopic (exact) mass is 394 g/mol. The van der Waals surface area contributed by atoms with E-state index in [1.165, 1.54) is 43.3 Å². The summed E-state index contributed by atoms with van der Waals surface area (Å²) in [7, 11) is 2.79. The van der Waals surface area contributed by atoms with Gasteiger partial charge in [0.05, 0.1) is 18.8 Å². The molecular weight excluding hydrogens is 376 g/mol. The summed E-state index contributed by atoms with van der Waals surface area (Å²) in [6, 6.07) is 8.34. The zero-order valence-electron chi connectivity index (χ0n) is 15.8. The van der Waals surface area contributed by atoms with Crippen molar-refractivity contribution >= 4 is 28.7 Å². The van der Waals surface area contributed by atoms with E-state index in [1.54, 1.807) is 30.3 Å². The molecule has 0 unspecified atom stereocenters. The fraction of sp³-hybridized carbons (Fsp3) is 0.143. The topological polar surface area (TPSA) is 108 Å². The summed E-state index contributed by atoms with van der Waals surface area (Å²) in [5, 5.41) is 10.9. The van der Waals surface area contributed by atoms with E-state index in [-0.39, 0.29) is 17.9 Å². The summed E-state index contributed by atoms with van der Waals surface area (Å²) >= 11 is 0. The van der Waals surface area contributed by atoms with Crippen LogP contribution in [0.1, 0.15) is 15.9 Å². The van der Waals surface area contributed by atoms with Gasteiger partial charge in [-0.25, -0.2) is 4.79 Å². The number of ether oxygens (including phenoxy) is 2. The number of carbonyl (C=O) groups excluding carboxylic acids is 2. The van der Waals surface area contributed by atoms with E-state index in [0.29, 0.717) is 22.2 Å². The van der Waals surface area contributed by atoms with Crippen LogP contribution in [-0.2, 0) is 16.6 Å². The minimum atomic E-state index is -0.644. The van der Waals surface area contributed by atoms with Gasteiger partial charge in [-0.15, -0.1) is 0 Å². The van der Waals surface area contributed by atoms with E-state index in [4.69, 9.17) is 4.74 Å². The van der Waals surface area contributed by atoms with Gasteiger partial charge < -0.3 is 19.1 Å². The van der Waals surface area contributed by atoms with Crippen molar-refractivity contribution in [2.75, 3.05) is 13.7 Å². The summed E-state index contributed by atoms with van der Waals surface area (Å²) in [5.41, 5.74) is 0.130. The molecule has 0 saturated carbocycles. The molecule has 0 spiro atoms. The van der Waals surface area contributed by atoms with Crippen LogP contribution in [0, 0.1) is 0 Å². The number of ketones is 1. The maximum absolute atomic E-state index is 12.6. The van der Waals surface area contributed by atoms with Crippen molar-refractivity contribution in [1.82, 2.24) is 9.55 Å². The second-order valence-electron chi connectivity index (χ2n) is 6.12. The fourth-order valence-corrected chi connectivity index (χ4v) is 2.76. The number of hydrogen-bond acceptors (Lipinski definition) is 7. The molecule has 0 aliphatic carbocycles. The molecule has 0 aliphatic heterocycles. The lowest BCUT2D eigenvalue weighted by Crippen LogP contribution is -2.24. The van der Waals surface area contributed by atoms with E-state index in [1.807, 2.05) is 0 Å². The number of carbonyl (C=O) groups is 2. The van der Waals surface area contributed by atoms with Gasteiger partial charge in [-0.2, -0.15) is 0 Å². The Morgan fingerprint density at radius 1 is 1.24 bits per heavy atom. The predicted molar refractivity (Wildman–Crippen MR) is 106 cm³/mol. The number of aryl methyl sites for hydroxylation is 1.